The van der Waals surface area contributed by atoms with E-state index >= 15 is 0 Å². The molecule has 0 radical (unpaired) electrons. The monoisotopic (exact) mass is 281 g/mol. The van der Waals surface area contributed by atoms with Gasteiger partial charge in [0.05, 0.1) is 17.7 Å². The molecule has 20 heavy (non-hydrogen) atoms. The van der Waals surface area contributed by atoms with Crippen molar-refractivity contribution >= 4 is 0 Å². The molecule has 0 aliphatic heterocycles. The van der Waals surface area contributed by atoms with Crippen molar-refractivity contribution in [1.29, 1.82) is 0 Å². The number of aliphatic hydroxyl groups is 1. The van der Waals surface area contributed by atoms with E-state index in [2.05, 4.69) is 0 Å². The van der Waals surface area contributed by atoms with E-state index in [1.54, 1.807) is 30.3 Å². The third-order valence-corrected chi connectivity index (χ3v) is 3.11. The maximum absolute atomic E-state index is 12.9. The Morgan fingerprint density at radius 2 is 1.45 bits per heavy atom. The summed E-state index contributed by atoms with van der Waals surface area (Å²) in [5, 5.41) is 10.2. The molecule has 5 heteroatoms. The molecule has 0 spiro atoms. The SMILES string of the molecule is NC(c1ccccc1)C(O)c1ccccc1C(F)(F)F. The predicted molar refractivity (Wildman–Crippen MR) is 69.8 cm³/mol. The van der Waals surface area contributed by atoms with Crippen molar-refractivity contribution in [1.82, 2.24) is 0 Å². The lowest BCUT2D eigenvalue weighted by atomic mass is 9.93. The molecule has 0 aliphatic rings. The molecule has 0 heterocycles. The first-order valence-corrected chi connectivity index (χ1v) is 6.06. The molecule has 2 rings (SSSR count). The van der Waals surface area contributed by atoms with Crippen LogP contribution in [0, 0.1) is 0 Å². The van der Waals surface area contributed by atoms with Crippen LogP contribution in [0.3, 0.4) is 0 Å². The van der Waals surface area contributed by atoms with Crippen molar-refractivity contribution in [3.05, 3.63) is 71.3 Å². The van der Waals surface area contributed by atoms with Gasteiger partial charge in [-0.15, -0.1) is 0 Å². The Kier molecular flexibility index (Phi) is 4.11. The smallest absolute Gasteiger partial charge is 0.386 e. The largest absolute Gasteiger partial charge is 0.416 e. The molecule has 0 amide bonds. The summed E-state index contributed by atoms with van der Waals surface area (Å²) >= 11 is 0. The van der Waals surface area contributed by atoms with Gasteiger partial charge in [-0.25, -0.2) is 0 Å². The molecule has 0 saturated carbocycles. The number of hydrogen-bond donors (Lipinski definition) is 2. The molecule has 2 unspecified atom stereocenters. The van der Waals surface area contributed by atoms with Gasteiger partial charge in [-0.3, -0.25) is 0 Å². The number of benzene rings is 2. The van der Waals surface area contributed by atoms with Crippen molar-refractivity contribution in [2.45, 2.75) is 18.3 Å². The van der Waals surface area contributed by atoms with Crippen LogP contribution >= 0.6 is 0 Å². The molecule has 0 aromatic heterocycles. The Morgan fingerprint density at radius 1 is 0.900 bits per heavy atom. The standard InChI is InChI=1S/C15H14F3NO/c16-15(17,18)12-9-5-4-8-11(12)14(20)13(19)10-6-2-1-3-7-10/h1-9,13-14,20H,19H2. The summed E-state index contributed by atoms with van der Waals surface area (Å²) in [5.74, 6) is 0. The zero-order valence-electron chi connectivity index (χ0n) is 10.5. The number of rotatable bonds is 3. The van der Waals surface area contributed by atoms with Crippen LogP contribution in [0.2, 0.25) is 0 Å². The molecular weight excluding hydrogens is 267 g/mol. The van der Waals surface area contributed by atoms with Gasteiger partial charge in [0.25, 0.3) is 0 Å². The quantitative estimate of drug-likeness (QED) is 0.905. The van der Waals surface area contributed by atoms with Crippen LogP contribution in [0.5, 0.6) is 0 Å². The summed E-state index contributed by atoms with van der Waals surface area (Å²) in [4.78, 5) is 0. The van der Waals surface area contributed by atoms with Crippen LogP contribution in [-0.4, -0.2) is 5.11 Å². The first kappa shape index (κ1) is 14.6. The first-order chi connectivity index (χ1) is 9.41. The molecule has 0 bridgehead atoms. The van der Waals surface area contributed by atoms with Gasteiger partial charge in [0.2, 0.25) is 0 Å². The minimum Gasteiger partial charge on any atom is -0.386 e. The van der Waals surface area contributed by atoms with Crippen molar-refractivity contribution in [3.63, 3.8) is 0 Å². The van der Waals surface area contributed by atoms with Crippen molar-refractivity contribution < 1.29 is 18.3 Å². The van der Waals surface area contributed by atoms with Crippen LogP contribution < -0.4 is 5.73 Å². The number of nitrogens with two attached hydrogens (primary N) is 1. The fourth-order valence-electron chi connectivity index (χ4n) is 2.06. The zero-order chi connectivity index (χ0) is 14.8. The van der Waals surface area contributed by atoms with E-state index in [0.29, 0.717) is 5.56 Å². The fourth-order valence-corrected chi connectivity index (χ4v) is 2.06. The van der Waals surface area contributed by atoms with Crippen LogP contribution in [0.4, 0.5) is 13.2 Å². The number of hydrogen-bond acceptors (Lipinski definition) is 2. The maximum atomic E-state index is 12.9. The fraction of sp³-hybridized carbons (Fsp3) is 0.200. The Bertz CT molecular complexity index is 569. The second kappa shape index (κ2) is 5.64. The molecule has 106 valence electrons. The third kappa shape index (κ3) is 3.00. The summed E-state index contributed by atoms with van der Waals surface area (Å²) in [6, 6.07) is 12.6. The van der Waals surface area contributed by atoms with E-state index < -0.39 is 23.9 Å². The highest BCUT2D eigenvalue weighted by atomic mass is 19.4. The Hall–Kier alpha value is -1.85. The van der Waals surface area contributed by atoms with Crippen molar-refractivity contribution in [2.75, 3.05) is 0 Å². The van der Waals surface area contributed by atoms with E-state index in [1.807, 2.05) is 0 Å². The van der Waals surface area contributed by atoms with E-state index in [0.717, 1.165) is 6.07 Å². The highest BCUT2D eigenvalue weighted by molar-refractivity contribution is 5.34. The van der Waals surface area contributed by atoms with Crippen LogP contribution in [0.15, 0.2) is 54.6 Å². The summed E-state index contributed by atoms with van der Waals surface area (Å²) in [7, 11) is 0. The average molecular weight is 281 g/mol. The summed E-state index contributed by atoms with van der Waals surface area (Å²) in [6.07, 6.45) is -5.94. The predicted octanol–water partition coefficient (Wildman–Crippen LogP) is 3.44. The summed E-state index contributed by atoms with van der Waals surface area (Å²) in [5.41, 5.74) is 5.37. The highest BCUT2D eigenvalue weighted by Gasteiger charge is 2.35. The molecule has 0 saturated heterocycles. The van der Waals surface area contributed by atoms with Crippen molar-refractivity contribution in [3.8, 4) is 0 Å². The van der Waals surface area contributed by atoms with E-state index in [9.17, 15) is 18.3 Å². The van der Waals surface area contributed by atoms with Gasteiger partial charge >= 0.3 is 6.18 Å². The van der Waals surface area contributed by atoms with Gasteiger partial charge in [0, 0.05) is 0 Å². The molecular formula is C15H14F3NO. The van der Waals surface area contributed by atoms with Gasteiger partial charge in [-0.05, 0) is 17.2 Å². The normalized spacial score (nSPS) is 14.8. The topological polar surface area (TPSA) is 46.2 Å². The average Bonchev–Trinajstić information content (AvgIpc) is 2.46. The minimum absolute atomic E-state index is 0.212. The lowest BCUT2D eigenvalue weighted by molar-refractivity contribution is -0.139. The minimum atomic E-state index is -4.52. The van der Waals surface area contributed by atoms with Gasteiger partial charge < -0.3 is 10.8 Å². The van der Waals surface area contributed by atoms with E-state index in [1.165, 1.54) is 18.2 Å². The molecule has 0 fully saturated rings. The van der Waals surface area contributed by atoms with Gasteiger partial charge in [0.1, 0.15) is 0 Å². The third-order valence-electron chi connectivity index (χ3n) is 3.11. The van der Waals surface area contributed by atoms with Gasteiger partial charge in [-0.2, -0.15) is 13.2 Å². The molecule has 2 aromatic rings. The number of halogens is 3. The Balaban J connectivity index is 2.37. The Labute approximate surface area is 114 Å². The van der Waals surface area contributed by atoms with Crippen LogP contribution in [-0.2, 0) is 6.18 Å². The van der Waals surface area contributed by atoms with E-state index in [-0.39, 0.29) is 5.56 Å². The van der Waals surface area contributed by atoms with Crippen molar-refractivity contribution in [2.24, 2.45) is 5.73 Å². The first-order valence-electron chi connectivity index (χ1n) is 6.06. The second-order valence-electron chi connectivity index (χ2n) is 4.47. The number of aliphatic hydroxyl groups excluding tert-OH is 1. The molecule has 3 N–H and O–H groups in total. The van der Waals surface area contributed by atoms with Gasteiger partial charge in [0.15, 0.2) is 0 Å². The maximum Gasteiger partial charge on any atom is 0.416 e. The lowest BCUT2D eigenvalue weighted by Gasteiger charge is -2.23. The number of alkyl halides is 3. The van der Waals surface area contributed by atoms with Gasteiger partial charge in [-0.1, -0.05) is 48.5 Å². The molecule has 2 atom stereocenters. The molecule has 2 aromatic carbocycles. The van der Waals surface area contributed by atoms with Crippen LogP contribution in [0.1, 0.15) is 28.8 Å². The second-order valence-corrected chi connectivity index (χ2v) is 4.47. The molecule has 2 nitrogen and oxygen atoms in total. The molecule has 0 aliphatic carbocycles. The highest BCUT2D eigenvalue weighted by Crippen LogP contribution is 2.37. The summed E-state index contributed by atoms with van der Waals surface area (Å²) in [6.45, 7) is 0. The Morgan fingerprint density at radius 3 is 2.05 bits per heavy atom. The summed E-state index contributed by atoms with van der Waals surface area (Å²) < 4.78 is 38.8. The lowest BCUT2D eigenvalue weighted by Crippen LogP contribution is -2.22. The van der Waals surface area contributed by atoms with Crippen LogP contribution in [0.25, 0.3) is 0 Å². The zero-order valence-corrected chi connectivity index (χ0v) is 10.5. The van der Waals surface area contributed by atoms with E-state index in [4.69, 9.17) is 5.73 Å².